The minimum absolute atomic E-state index is 0.0736. The average molecular weight is 540 g/mol. The first-order chi connectivity index (χ1) is 11.3. The zero-order valence-corrected chi connectivity index (χ0v) is 25.5. The maximum atomic E-state index is 4.99. The van der Waals surface area contributed by atoms with Crippen molar-refractivity contribution in [2.45, 2.75) is 120 Å². The first-order valence-electron chi connectivity index (χ1n) is 10.5. The van der Waals surface area contributed by atoms with Gasteiger partial charge < -0.3 is 0 Å². The van der Waals surface area contributed by atoms with Crippen LogP contribution in [0, 0.1) is 0 Å². The van der Waals surface area contributed by atoms with E-state index in [0.717, 1.165) is 6.61 Å². The van der Waals surface area contributed by atoms with Crippen LogP contribution in [-0.4, -0.2) is 50.7 Å². The average Bonchev–Trinajstić information content (AvgIpc) is 2.58. The molecule has 0 aromatic rings. The normalized spacial score (nSPS) is 10.6. The standard InChI is InChI=1S/2C8H17.C4H9O.2Sn.3H/c2*1-3-5-7-8-6-4-2;1-2-3-4-5;;;;;/h2*1,3-8H2,2H3;2-4H2,1H3;;;;;/q;;-1;;+1;;;. The van der Waals surface area contributed by atoms with Crippen LogP contribution in [0.1, 0.15) is 111 Å². The fraction of sp³-hybridized carbons (Fsp3) is 1.00. The molecular formula is C20H46OSn2. The van der Waals surface area contributed by atoms with E-state index in [1.807, 2.05) is 0 Å². The second-order valence-corrected chi connectivity index (χ2v) is 12.6. The van der Waals surface area contributed by atoms with E-state index in [2.05, 4.69) is 20.8 Å². The molecule has 0 aromatic heterocycles. The molecule has 0 saturated heterocycles. The summed E-state index contributed by atoms with van der Waals surface area (Å²) < 4.78 is 8.31. The van der Waals surface area contributed by atoms with Gasteiger partial charge in [-0.15, -0.1) is 0 Å². The van der Waals surface area contributed by atoms with Crippen LogP contribution in [0.4, 0.5) is 0 Å². The molecule has 0 saturated carbocycles. The van der Waals surface area contributed by atoms with E-state index in [0.29, 0.717) is 22.9 Å². The summed E-state index contributed by atoms with van der Waals surface area (Å²) in [6.45, 7) is 7.78. The SMILES string of the molecule is CCCCCCC[CH2][Sn][CH2]CCCCCCC.CCCC[O][SnH3]. The van der Waals surface area contributed by atoms with Crippen molar-refractivity contribution in [3.8, 4) is 0 Å². The van der Waals surface area contributed by atoms with Gasteiger partial charge in [0, 0.05) is 0 Å². The molecule has 140 valence electrons. The quantitative estimate of drug-likeness (QED) is 0.155. The Morgan fingerprint density at radius 3 is 1.30 bits per heavy atom. The molecule has 0 fully saturated rings. The Labute approximate surface area is 172 Å². The molecule has 0 amide bonds. The van der Waals surface area contributed by atoms with Gasteiger partial charge in [-0.2, -0.15) is 0 Å². The Hall–Kier alpha value is 1.56. The van der Waals surface area contributed by atoms with Crippen molar-refractivity contribution in [3.05, 3.63) is 0 Å². The summed E-state index contributed by atoms with van der Waals surface area (Å²) in [4.78, 5) is 0. The van der Waals surface area contributed by atoms with Crippen LogP contribution < -0.4 is 0 Å². The molecule has 0 rings (SSSR count). The minimum atomic E-state index is 0.0736. The van der Waals surface area contributed by atoms with E-state index in [9.17, 15) is 0 Å². The number of rotatable bonds is 17. The van der Waals surface area contributed by atoms with Crippen molar-refractivity contribution in [2.75, 3.05) is 6.61 Å². The second-order valence-electron chi connectivity index (χ2n) is 6.63. The molecule has 23 heavy (non-hydrogen) atoms. The zero-order valence-electron chi connectivity index (χ0n) is 16.9. The van der Waals surface area contributed by atoms with Crippen LogP contribution in [0.25, 0.3) is 0 Å². The number of hydrogen-bond donors (Lipinski definition) is 0. The molecule has 0 spiro atoms. The monoisotopic (exact) mass is 542 g/mol. The molecule has 1 nitrogen and oxygen atoms in total. The van der Waals surface area contributed by atoms with Gasteiger partial charge in [-0.05, 0) is 0 Å². The zero-order chi connectivity index (χ0) is 17.4. The van der Waals surface area contributed by atoms with Crippen LogP contribution in [0.3, 0.4) is 0 Å². The molecule has 0 aromatic carbocycles. The summed E-state index contributed by atoms with van der Waals surface area (Å²) in [5, 5.41) is 0. The van der Waals surface area contributed by atoms with Gasteiger partial charge in [0.1, 0.15) is 0 Å². The number of unbranched alkanes of at least 4 members (excludes halogenated alkanes) is 11. The molecule has 0 unspecified atom stereocenters. The predicted octanol–water partition coefficient (Wildman–Crippen LogP) is 6.33. The van der Waals surface area contributed by atoms with Gasteiger partial charge in [0.15, 0.2) is 0 Å². The predicted molar refractivity (Wildman–Crippen MR) is 113 cm³/mol. The van der Waals surface area contributed by atoms with Crippen LogP contribution in [-0.2, 0) is 3.07 Å². The van der Waals surface area contributed by atoms with Crippen LogP contribution in [0.5, 0.6) is 0 Å². The summed E-state index contributed by atoms with van der Waals surface area (Å²) in [5.41, 5.74) is 0. The van der Waals surface area contributed by atoms with E-state index in [1.165, 1.54) is 77.0 Å². The molecule has 0 bridgehead atoms. The van der Waals surface area contributed by atoms with E-state index in [1.54, 1.807) is 21.7 Å². The van der Waals surface area contributed by atoms with Gasteiger partial charge in [-0.25, -0.2) is 0 Å². The van der Waals surface area contributed by atoms with Gasteiger partial charge >= 0.3 is 173 Å². The Balaban J connectivity index is 0. The topological polar surface area (TPSA) is 9.23 Å². The second kappa shape index (κ2) is 28.4. The molecule has 3 heteroatoms. The van der Waals surface area contributed by atoms with Crippen LogP contribution >= 0.6 is 0 Å². The van der Waals surface area contributed by atoms with Gasteiger partial charge in [0.2, 0.25) is 0 Å². The molecule has 0 atom stereocenters. The van der Waals surface area contributed by atoms with Gasteiger partial charge in [-0.3, -0.25) is 0 Å². The Morgan fingerprint density at radius 2 is 0.957 bits per heavy atom. The Kier molecular flexibility index (Phi) is 33.0. The van der Waals surface area contributed by atoms with Gasteiger partial charge in [0.25, 0.3) is 0 Å². The van der Waals surface area contributed by atoms with Gasteiger partial charge in [-0.1, -0.05) is 0 Å². The summed E-state index contributed by atoms with van der Waals surface area (Å²) in [7, 11) is 0. The molecule has 0 N–H and O–H groups in total. The third-order valence-electron chi connectivity index (χ3n) is 4.12. The Morgan fingerprint density at radius 1 is 0.565 bits per heavy atom. The first-order valence-corrected chi connectivity index (χ1v) is 16.9. The Bertz CT molecular complexity index is 159. The fourth-order valence-electron chi connectivity index (χ4n) is 2.47. The molecule has 2 radical (unpaired) electrons. The van der Waals surface area contributed by atoms with Crippen molar-refractivity contribution in [2.24, 2.45) is 0 Å². The summed E-state index contributed by atoms with van der Waals surface area (Å²) in [5.74, 6) is 0. The van der Waals surface area contributed by atoms with Crippen LogP contribution in [0.15, 0.2) is 0 Å². The summed E-state index contributed by atoms with van der Waals surface area (Å²) in [6.07, 6.45) is 20.3. The van der Waals surface area contributed by atoms with Crippen molar-refractivity contribution in [3.63, 3.8) is 0 Å². The number of hydrogen-bond acceptors (Lipinski definition) is 1. The van der Waals surface area contributed by atoms with E-state index in [4.69, 9.17) is 3.07 Å². The third-order valence-corrected chi connectivity index (χ3v) is 9.32. The van der Waals surface area contributed by atoms with E-state index < -0.39 is 0 Å². The molecule has 0 aliphatic heterocycles. The summed E-state index contributed by atoms with van der Waals surface area (Å²) in [6, 6.07) is 0. The van der Waals surface area contributed by atoms with Crippen molar-refractivity contribution >= 4 is 44.1 Å². The molecular weight excluding hydrogens is 494 g/mol. The van der Waals surface area contributed by atoms with Crippen LogP contribution in [0.2, 0.25) is 8.87 Å². The molecule has 0 aliphatic rings. The maximum absolute atomic E-state index is 4.99. The third kappa shape index (κ3) is 31.8. The van der Waals surface area contributed by atoms with E-state index >= 15 is 0 Å². The summed E-state index contributed by atoms with van der Waals surface area (Å²) >= 11 is 0.553. The van der Waals surface area contributed by atoms with Crippen molar-refractivity contribution < 1.29 is 3.07 Å². The molecule has 0 heterocycles. The van der Waals surface area contributed by atoms with Crippen molar-refractivity contribution in [1.82, 2.24) is 0 Å². The van der Waals surface area contributed by atoms with Gasteiger partial charge in [0.05, 0.1) is 0 Å². The molecule has 0 aliphatic carbocycles. The first kappa shape index (κ1) is 26.8. The van der Waals surface area contributed by atoms with E-state index in [-0.39, 0.29) is 21.1 Å². The fourth-order valence-corrected chi connectivity index (χ4v) is 6.87. The van der Waals surface area contributed by atoms with Crippen molar-refractivity contribution in [1.29, 1.82) is 0 Å².